The molecule has 1 aliphatic carbocycles. The van der Waals surface area contributed by atoms with Gasteiger partial charge in [-0.25, -0.2) is 4.90 Å². The van der Waals surface area contributed by atoms with Gasteiger partial charge >= 0.3 is 6.30 Å². The maximum atomic E-state index is 12.6. The van der Waals surface area contributed by atoms with E-state index in [1.165, 1.54) is 0 Å². The Hall–Kier alpha value is -0.290. The number of alkyl halides is 3. The number of hydrogen-bond donors (Lipinski definition) is 1. The van der Waals surface area contributed by atoms with Crippen molar-refractivity contribution >= 4 is 0 Å². The highest BCUT2D eigenvalue weighted by molar-refractivity contribution is 4.89. The summed E-state index contributed by atoms with van der Waals surface area (Å²) in [5.41, 5.74) is 0. The molecule has 0 amide bonds. The Bertz CT molecular complexity index is 195. The van der Waals surface area contributed by atoms with Crippen LogP contribution in [0.4, 0.5) is 13.2 Å². The van der Waals surface area contributed by atoms with Gasteiger partial charge in [0.25, 0.3) is 0 Å². The quantitative estimate of drug-likeness (QED) is 0.710. The van der Waals surface area contributed by atoms with Crippen molar-refractivity contribution in [2.24, 2.45) is 0 Å². The maximum absolute atomic E-state index is 12.6. The lowest BCUT2D eigenvalue weighted by Crippen LogP contribution is -2.46. The molecule has 0 spiro atoms. The van der Waals surface area contributed by atoms with Crippen molar-refractivity contribution in [3.05, 3.63) is 0 Å². The Kier molecular flexibility index (Phi) is 2.70. The van der Waals surface area contributed by atoms with Crippen LogP contribution in [0, 0.1) is 0 Å². The van der Waals surface area contributed by atoms with E-state index in [9.17, 15) is 13.2 Å². The van der Waals surface area contributed by atoms with Crippen molar-refractivity contribution in [2.45, 2.75) is 44.1 Å². The van der Waals surface area contributed by atoms with E-state index >= 15 is 0 Å². The molecule has 0 bridgehead atoms. The van der Waals surface area contributed by atoms with Gasteiger partial charge in [0.2, 0.25) is 0 Å². The SMILES string of the molecule is FC(F)(F)N(CC1CCCN1)C1CC1. The van der Waals surface area contributed by atoms with Gasteiger partial charge in [-0.05, 0) is 32.2 Å². The molecule has 2 fully saturated rings. The standard InChI is InChI=1S/C9H15F3N2/c10-9(11,12)14(8-3-4-8)6-7-2-1-5-13-7/h7-8,13H,1-6H2. The van der Waals surface area contributed by atoms with E-state index < -0.39 is 6.30 Å². The zero-order valence-electron chi connectivity index (χ0n) is 7.98. The molecule has 0 radical (unpaired) electrons. The third-order valence-electron chi connectivity index (χ3n) is 2.89. The summed E-state index contributed by atoms with van der Waals surface area (Å²) < 4.78 is 37.7. The summed E-state index contributed by atoms with van der Waals surface area (Å²) in [6, 6.07) is -0.199. The molecule has 2 nitrogen and oxygen atoms in total. The molecule has 82 valence electrons. The van der Waals surface area contributed by atoms with E-state index in [4.69, 9.17) is 0 Å². The molecule has 0 aromatic rings. The molecule has 1 saturated heterocycles. The van der Waals surface area contributed by atoms with Gasteiger partial charge in [-0.1, -0.05) is 0 Å². The van der Waals surface area contributed by atoms with E-state index in [-0.39, 0.29) is 18.6 Å². The highest BCUT2D eigenvalue weighted by atomic mass is 19.4. The molecule has 5 heteroatoms. The first-order valence-corrected chi connectivity index (χ1v) is 5.14. The molecule has 1 unspecified atom stereocenters. The summed E-state index contributed by atoms with van der Waals surface area (Å²) in [7, 11) is 0. The van der Waals surface area contributed by atoms with Crippen LogP contribution in [0.1, 0.15) is 25.7 Å². The van der Waals surface area contributed by atoms with E-state index in [2.05, 4.69) is 5.32 Å². The van der Waals surface area contributed by atoms with Gasteiger partial charge in [0.05, 0.1) is 0 Å². The van der Waals surface area contributed by atoms with E-state index in [1.807, 2.05) is 0 Å². The van der Waals surface area contributed by atoms with Crippen LogP contribution in [0.15, 0.2) is 0 Å². The number of halogens is 3. The molecule has 0 aromatic carbocycles. The fraction of sp³-hybridized carbons (Fsp3) is 1.00. The Morgan fingerprint density at radius 1 is 1.21 bits per heavy atom. The summed E-state index contributed by atoms with van der Waals surface area (Å²) in [6.45, 7) is 0.995. The second-order valence-corrected chi connectivity index (χ2v) is 4.14. The third-order valence-corrected chi connectivity index (χ3v) is 2.89. The Morgan fingerprint density at radius 3 is 2.36 bits per heavy atom. The summed E-state index contributed by atoms with van der Waals surface area (Å²) in [4.78, 5) is 0.704. The summed E-state index contributed by atoms with van der Waals surface area (Å²) >= 11 is 0. The fourth-order valence-corrected chi connectivity index (χ4v) is 2.00. The monoisotopic (exact) mass is 208 g/mol. The predicted molar refractivity (Wildman–Crippen MR) is 46.8 cm³/mol. The molecule has 1 saturated carbocycles. The molecule has 2 rings (SSSR count). The van der Waals surface area contributed by atoms with Crippen LogP contribution >= 0.6 is 0 Å². The lowest BCUT2D eigenvalue weighted by molar-refractivity contribution is -0.250. The average molecular weight is 208 g/mol. The average Bonchev–Trinajstić information content (AvgIpc) is 2.77. The van der Waals surface area contributed by atoms with Crippen molar-refractivity contribution in [1.82, 2.24) is 10.2 Å². The highest BCUT2D eigenvalue weighted by Gasteiger charge is 2.46. The van der Waals surface area contributed by atoms with Gasteiger partial charge < -0.3 is 5.32 Å². The molecule has 1 aliphatic heterocycles. The Morgan fingerprint density at radius 2 is 1.93 bits per heavy atom. The van der Waals surface area contributed by atoms with Gasteiger partial charge in [0, 0.05) is 18.6 Å². The van der Waals surface area contributed by atoms with Gasteiger partial charge in [-0.2, -0.15) is 13.2 Å². The molecule has 1 atom stereocenters. The maximum Gasteiger partial charge on any atom is 0.460 e. The first-order chi connectivity index (χ1) is 6.57. The first-order valence-electron chi connectivity index (χ1n) is 5.14. The molecule has 2 aliphatic rings. The smallest absolute Gasteiger partial charge is 0.313 e. The molecular weight excluding hydrogens is 193 g/mol. The number of nitrogens with one attached hydrogen (secondary N) is 1. The van der Waals surface area contributed by atoms with Crippen LogP contribution in [0.25, 0.3) is 0 Å². The lowest BCUT2D eigenvalue weighted by atomic mass is 10.2. The van der Waals surface area contributed by atoms with E-state index in [0.29, 0.717) is 17.7 Å². The lowest BCUT2D eigenvalue weighted by Gasteiger charge is -2.27. The first kappa shape index (κ1) is 10.2. The minimum atomic E-state index is -4.15. The third kappa shape index (κ3) is 2.39. The van der Waals surface area contributed by atoms with Crippen LogP contribution < -0.4 is 5.32 Å². The predicted octanol–water partition coefficient (Wildman–Crippen LogP) is 1.72. The topological polar surface area (TPSA) is 15.3 Å². The Balaban J connectivity index is 1.90. The van der Waals surface area contributed by atoms with Crippen molar-refractivity contribution in [3.63, 3.8) is 0 Å². The second kappa shape index (κ2) is 3.70. The number of nitrogens with zero attached hydrogens (tertiary/aromatic N) is 1. The molecule has 14 heavy (non-hydrogen) atoms. The number of hydrogen-bond acceptors (Lipinski definition) is 2. The van der Waals surface area contributed by atoms with Crippen LogP contribution in [0.2, 0.25) is 0 Å². The van der Waals surface area contributed by atoms with Crippen LogP contribution in [0.5, 0.6) is 0 Å². The van der Waals surface area contributed by atoms with Gasteiger partial charge in [-0.15, -0.1) is 0 Å². The van der Waals surface area contributed by atoms with Crippen molar-refractivity contribution < 1.29 is 13.2 Å². The summed E-state index contributed by atoms with van der Waals surface area (Å²) in [5, 5.41) is 3.10. The normalized spacial score (nSPS) is 28.7. The molecule has 1 heterocycles. The van der Waals surface area contributed by atoms with Crippen molar-refractivity contribution in [1.29, 1.82) is 0 Å². The van der Waals surface area contributed by atoms with E-state index in [0.717, 1.165) is 19.4 Å². The van der Waals surface area contributed by atoms with Crippen LogP contribution in [-0.4, -0.2) is 36.4 Å². The van der Waals surface area contributed by atoms with Crippen molar-refractivity contribution in [2.75, 3.05) is 13.1 Å². The van der Waals surface area contributed by atoms with Gasteiger partial charge in [-0.3, -0.25) is 0 Å². The number of rotatable bonds is 3. The minimum Gasteiger partial charge on any atom is -0.313 e. The molecular formula is C9H15F3N2. The Labute approximate surface area is 81.5 Å². The van der Waals surface area contributed by atoms with Crippen molar-refractivity contribution in [3.8, 4) is 0 Å². The largest absolute Gasteiger partial charge is 0.460 e. The highest BCUT2D eigenvalue weighted by Crippen LogP contribution is 2.35. The summed E-state index contributed by atoms with van der Waals surface area (Å²) in [5.74, 6) is 0. The van der Waals surface area contributed by atoms with Gasteiger partial charge in [0.1, 0.15) is 0 Å². The van der Waals surface area contributed by atoms with Gasteiger partial charge in [0.15, 0.2) is 0 Å². The minimum absolute atomic E-state index is 0.0391. The fourth-order valence-electron chi connectivity index (χ4n) is 2.00. The zero-order valence-corrected chi connectivity index (χ0v) is 7.98. The summed E-state index contributed by atoms with van der Waals surface area (Å²) in [6.07, 6.45) is -0.871. The second-order valence-electron chi connectivity index (χ2n) is 4.14. The zero-order chi connectivity index (χ0) is 10.2. The molecule has 1 N–H and O–H groups in total. The van der Waals surface area contributed by atoms with Crippen LogP contribution in [0.3, 0.4) is 0 Å². The van der Waals surface area contributed by atoms with E-state index in [1.54, 1.807) is 0 Å². The van der Waals surface area contributed by atoms with Crippen LogP contribution in [-0.2, 0) is 0 Å². The molecule has 0 aromatic heterocycles.